The average Bonchev–Trinajstić information content (AvgIpc) is 2.74. The van der Waals surface area contributed by atoms with Crippen molar-refractivity contribution in [2.45, 2.75) is 37.9 Å². The van der Waals surface area contributed by atoms with Gasteiger partial charge in [-0.1, -0.05) is 13.8 Å². The van der Waals surface area contributed by atoms with Gasteiger partial charge in [0.05, 0.1) is 10.6 Å². The Morgan fingerprint density at radius 3 is 2.24 bits per heavy atom. The molecule has 0 aromatic heterocycles. The van der Waals surface area contributed by atoms with Gasteiger partial charge in [0.2, 0.25) is 10.0 Å². The summed E-state index contributed by atoms with van der Waals surface area (Å²) in [5.41, 5.74) is -0.111. The summed E-state index contributed by atoms with van der Waals surface area (Å²) in [6.07, 6.45) is -6.11. The molecule has 0 radical (unpaired) electrons. The molecule has 182 valence electrons. The Labute approximate surface area is 189 Å². The van der Waals surface area contributed by atoms with Crippen LogP contribution in [0.5, 0.6) is 11.5 Å². The van der Waals surface area contributed by atoms with E-state index in [0.717, 1.165) is 25.1 Å². The lowest BCUT2D eigenvalue weighted by Gasteiger charge is -2.21. The lowest BCUT2D eigenvalue weighted by molar-refractivity contribution is -0.184. The second-order valence-electron chi connectivity index (χ2n) is 6.86. The smallest absolute Gasteiger partial charge is 0.411 e. The highest BCUT2D eigenvalue weighted by atomic mass is 32.2. The van der Waals surface area contributed by atoms with E-state index in [2.05, 4.69) is 10.1 Å². The Morgan fingerprint density at radius 1 is 1.09 bits per heavy atom. The number of nitrogens with zero attached hydrogens (tertiary/aromatic N) is 1. The second-order valence-corrected chi connectivity index (χ2v) is 8.80. The van der Waals surface area contributed by atoms with Gasteiger partial charge in [-0.3, -0.25) is 4.79 Å². The lowest BCUT2D eigenvalue weighted by atomic mass is 10.2. The van der Waals surface area contributed by atoms with Gasteiger partial charge >= 0.3 is 6.18 Å². The van der Waals surface area contributed by atoms with Crippen molar-refractivity contribution in [3.8, 4) is 11.5 Å². The first-order valence-electron chi connectivity index (χ1n) is 9.94. The first-order chi connectivity index (χ1) is 15.4. The van der Waals surface area contributed by atoms with Gasteiger partial charge in [-0.2, -0.15) is 17.5 Å². The molecule has 2 aromatic carbocycles. The van der Waals surface area contributed by atoms with Crippen molar-refractivity contribution in [1.82, 2.24) is 4.31 Å². The van der Waals surface area contributed by atoms with Crippen molar-refractivity contribution in [2.24, 2.45) is 0 Å². The number of nitrogens with one attached hydrogen (secondary N) is 1. The number of amides is 1. The number of ether oxygens (including phenoxy) is 2. The molecule has 7 nitrogen and oxygen atoms in total. The topological polar surface area (TPSA) is 84.9 Å². The molecule has 1 atom stereocenters. The molecular weight excluding hydrogens is 468 g/mol. The van der Waals surface area contributed by atoms with Gasteiger partial charge in [0.1, 0.15) is 24.3 Å². The fraction of sp³-hybridized carbons (Fsp3) is 0.381. The molecule has 0 saturated carbocycles. The van der Waals surface area contributed by atoms with Crippen molar-refractivity contribution in [3.63, 3.8) is 0 Å². The van der Waals surface area contributed by atoms with Crippen molar-refractivity contribution >= 4 is 21.6 Å². The van der Waals surface area contributed by atoms with Crippen LogP contribution in [0.2, 0.25) is 0 Å². The number of carbonyl (C=O) groups excluding carboxylic acids is 1. The fourth-order valence-corrected chi connectivity index (χ4v) is 4.21. The van der Waals surface area contributed by atoms with Crippen molar-refractivity contribution < 1.29 is 40.2 Å². The molecule has 1 unspecified atom stereocenters. The summed E-state index contributed by atoms with van der Waals surface area (Å²) >= 11 is 0. The Balaban J connectivity index is 2.39. The number of anilines is 1. The van der Waals surface area contributed by atoms with Gasteiger partial charge < -0.3 is 14.8 Å². The van der Waals surface area contributed by atoms with Crippen LogP contribution in [0.3, 0.4) is 0 Å². The first-order valence-corrected chi connectivity index (χ1v) is 11.4. The second kappa shape index (κ2) is 10.9. The number of carbonyl (C=O) groups is 1. The van der Waals surface area contributed by atoms with E-state index >= 15 is 0 Å². The minimum absolute atomic E-state index is 0.00326. The maximum absolute atomic E-state index is 13.2. The number of alkyl halides is 3. The summed E-state index contributed by atoms with van der Waals surface area (Å²) in [6.45, 7) is 3.23. The van der Waals surface area contributed by atoms with Crippen LogP contribution in [0, 0.1) is 5.82 Å². The summed E-state index contributed by atoms with van der Waals surface area (Å²) in [5, 5.41) is 2.35. The number of benzene rings is 2. The molecule has 2 aromatic rings. The van der Waals surface area contributed by atoms with Crippen LogP contribution >= 0.6 is 0 Å². The third-order valence-corrected chi connectivity index (χ3v) is 6.51. The molecular formula is C21H24F4N2O5S. The normalized spacial score (nSPS) is 13.1. The van der Waals surface area contributed by atoms with Gasteiger partial charge in [0, 0.05) is 13.1 Å². The molecule has 0 aliphatic heterocycles. The molecule has 1 N–H and O–H groups in total. The summed E-state index contributed by atoms with van der Waals surface area (Å²) in [4.78, 5) is 12.3. The van der Waals surface area contributed by atoms with E-state index in [0.29, 0.717) is 0 Å². The number of hydrogen-bond donors (Lipinski definition) is 1. The number of hydrogen-bond acceptors (Lipinski definition) is 5. The van der Waals surface area contributed by atoms with E-state index in [1.807, 2.05) is 0 Å². The van der Waals surface area contributed by atoms with E-state index < -0.39 is 40.6 Å². The average molecular weight is 492 g/mol. The van der Waals surface area contributed by atoms with Crippen LogP contribution in [0.15, 0.2) is 47.4 Å². The maximum atomic E-state index is 13.2. The SMILES string of the molecule is CCN(CC)S(=O)(=O)c1ccc(Oc2ccc(F)cc2)c(NC(=O)C(C)OCC(F)(F)F)c1. The molecule has 0 heterocycles. The standard InChI is InChI=1S/C21H24F4N2O5S/c1-4-27(5-2)33(29,30)17-10-11-19(32-16-8-6-15(22)7-9-16)18(12-17)26-20(28)14(3)31-13-21(23,24)25/h6-12,14H,4-5,13H2,1-3H3,(H,26,28). The third-order valence-electron chi connectivity index (χ3n) is 4.46. The highest BCUT2D eigenvalue weighted by Crippen LogP contribution is 2.33. The van der Waals surface area contributed by atoms with Crippen LogP contribution in [-0.4, -0.2) is 50.6 Å². The Kier molecular flexibility index (Phi) is 8.81. The molecule has 12 heteroatoms. The Bertz CT molecular complexity index is 1060. The van der Waals surface area contributed by atoms with Gasteiger partial charge in [-0.15, -0.1) is 0 Å². The number of sulfonamides is 1. The molecule has 0 saturated heterocycles. The highest BCUT2D eigenvalue weighted by molar-refractivity contribution is 7.89. The Hall–Kier alpha value is -2.70. The largest absolute Gasteiger partial charge is 0.455 e. The van der Waals surface area contributed by atoms with E-state index in [-0.39, 0.29) is 35.2 Å². The van der Waals surface area contributed by atoms with Crippen molar-refractivity contribution in [1.29, 1.82) is 0 Å². The summed E-state index contributed by atoms with van der Waals surface area (Å²) < 4.78 is 87.4. The molecule has 0 spiro atoms. The zero-order valence-electron chi connectivity index (χ0n) is 18.1. The number of halogens is 4. The van der Waals surface area contributed by atoms with Gasteiger partial charge in [0.15, 0.2) is 5.75 Å². The highest BCUT2D eigenvalue weighted by Gasteiger charge is 2.30. The van der Waals surface area contributed by atoms with Crippen molar-refractivity contribution in [3.05, 3.63) is 48.3 Å². The van der Waals surface area contributed by atoms with Crippen LogP contribution < -0.4 is 10.1 Å². The summed E-state index contributed by atoms with van der Waals surface area (Å²) in [7, 11) is -3.91. The molecule has 0 aliphatic rings. The first kappa shape index (κ1) is 26.6. The van der Waals surface area contributed by atoms with Crippen LogP contribution in [0.4, 0.5) is 23.2 Å². The van der Waals surface area contributed by atoms with Crippen molar-refractivity contribution in [2.75, 3.05) is 25.0 Å². The van der Waals surface area contributed by atoms with Crippen LogP contribution in [0.1, 0.15) is 20.8 Å². The summed E-state index contributed by atoms with van der Waals surface area (Å²) in [5.74, 6) is -1.27. The minimum atomic E-state index is -4.62. The van der Waals surface area contributed by atoms with E-state index in [1.54, 1.807) is 13.8 Å². The third kappa shape index (κ3) is 7.41. The lowest BCUT2D eigenvalue weighted by Crippen LogP contribution is -2.32. The predicted molar refractivity (Wildman–Crippen MR) is 113 cm³/mol. The fourth-order valence-electron chi connectivity index (χ4n) is 2.73. The van der Waals surface area contributed by atoms with Gasteiger partial charge in [-0.05, 0) is 49.4 Å². The number of rotatable bonds is 10. The van der Waals surface area contributed by atoms with Crippen LogP contribution in [-0.2, 0) is 19.6 Å². The quantitative estimate of drug-likeness (QED) is 0.492. The zero-order chi connectivity index (χ0) is 24.8. The Morgan fingerprint density at radius 2 is 1.70 bits per heavy atom. The monoisotopic (exact) mass is 492 g/mol. The predicted octanol–water partition coefficient (Wildman–Crippen LogP) is 4.55. The van der Waals surface area contributed by atoms with E-state index in [1.165, 1.54) is 28.6 Å². The minimum Gasteiger partial charge on any atom is -0.455 e. The van der Waals surface area contributed by atoms with Crippen LogP contribution in [0.25, 0.3) is 0 Å². The van der Waals surface area contributed by atoms with E-state index in [9.17, 15) is 30.8 Å². The zero-order valence-corrected chi connectivity index (χ0v) is 19.0. The molecule has 0 fully saturated rings. The maximum Gasteiger partial charge on any atom is 0.411 e. The molecule has 1 amide bonds. The van der Waals surface area contributed by atoms with E-state index in [4.69, 9.17) is 4.74 Å². The van der Waals surface area contributed by atoms with Gasteiger partial charge in [0.25, 0.3) is 5.91 Å². The van der Waals surface area contributed by atoms with Gasteiger partial charge in [-0.25, -0.2) is 12.8 Å². The molecule has 0 bridgehead atoms. The molecule has 33 heavy (non-hydrogen) atoms. The molecule has 0 aliphatic carbocycles. The molecule has 2 rings (SSSR count). The summed E-state index contributed by atoms with van der Waals surface area (Å²) in [6, 6.07) is 8.61.